The predicted molar refractivity (Wildman–Crippen MR) is 168 cm³/mol. The Bertz CT molecular complexity index is 1130. The summed E-state index contributed by atoms with van der Waals surface area (Å²) in [6, 6.07) is 15.3. The van der Waals surface area contributed by atoms with Gasteiger partial charge < -0.3 is 19.3 Å². The molecule has 0 unspecified atom stereocenters. The lowest BCUT2D eigenvalue weighted by Gasteiger charge is -2.30. The molecule has 0 radical (unpaired) electrons. The number of ether oxygens (including phenoxy) is 2. The highest BCUT2D eigenvalue weighted by atomic mass is 16.5. The van der Waals surface area contributed by atoms with Crippen LogP contribution in [0.3, 0.4) is 0 Å². The molecule has 2 aromatic carbocycles. The molecule has 1 saturated heterocycles. The number of benzene rings is 2. The summed E-state index contributed by atoms with van der Waals surface area (Å²) >= 11 is 0. The van der Waals surface area contributed by atoms with E-state index in [1.807, 2.05) is 12.1 Å². The lowest BCUT2D eigenvalue weighted by atomic mass is 9.83. The summed E-state index contributed by atoms with van der Waals surface area (Å²) in [6.45, 7) is 11.3. The fourth-order valence-corrected chi connectivity index (χ4v) is 6.64. The topological polar surface area (TPSA) is 45.2 Å². The average molecular weight is 562 g/mol. The zero-order chi connectivity index (χ0) is 29.2. The van der Waals surface area contributed by atoms with Crippen LogP contribution >= 0.6 is 0 Å². The molecule has 6 heteroatoms. The van der Waals surface area contributed by atoms with Crippen molar-refractivity contribution in [3.8, 4) is 11.5 Å². The van der Waals surface area contributed by atoms with Gasteiger partial charge in [-0.2, -0.15) is 0 Å². The molecule has 2 aromatic rings. The van der Waals surface area contributed by atoms with E-state index in [4.69, 9.17) is 9.47 Å². The highest BCUT2D eigenvalue weighted by Gasteiger charge is 2.41. The van der Waals surface area contributed by atoms with Gasteiger partial charge in [0, 0.05) is 43.9 Å². The molecular formula is C35H51N3O3. The van der Waals surface area contributed by atoms with E-state index in [1.54, 1.807) is 7.11 Å². The Morgan fingerprint density at radius 3 is 2.68 bits per heavy atom. The number of amides is 1. The van der Waals surface area contributed by atoms with Crippen molar-refractivity contribution in [2.24, 2.45) is 5.92 Å². The highest BCUT2D eigenvalue weighted by molar-refractivity contribution is 5.78. The number of nitrogens with zero attached hydrogens (tertiary/aromatic N) is 3. The lowest BCUT2D eigenvalue weighted by Crippen LogP contribution is -2.44. The molecule has 1 amide bonds. The van der Waals surface area contributed by atoms with Crippen LogP contribution in [0.4, 0.5) is 0 Å². The van der Waals surface area contributed by atoms with Crippen LogP contribution in [0.25, 0.3) is 0 Å². The van der Waals surface area contributed by atoms with Gasteiger partial charge in [-0.25, -0.2) is 0 Å². The summed E-state index contributed by atoms with van der Waals surface area (Å²) < 4.78 is 11.4. The second-order valence-electron chi connectivity index (χ2n) is 12.0. The van der Waals surface area contributed by atoms with Gasteiger partial charge in [0.1, 0.15) is 11.5 Å². The Morgan fingerprint density at radius 2 is 1.93 bits per heavy atom. The molecule has 0 spiro atoms. The molecule has 3 atom stereocenters. The molecule has 4 rings (SSSR count). The monoisotopic (exact) mass is 561 g/mol. The van der Waals surface area contributed by atoms with Crippen LogP contribution in [0.2, 0.25) is 0 Å². The van der Waals surface area contributed by atoms with Crippen molar-refractivity contribution < 1.29 is 14.3 Å². The van der Waals surface area contributed by atoms with E-state index in [0.29, 0.717) is 18.4 Å². The van der Waals surface area contributed by atoms with E-state index in [-0.39, 0.29) is 11.9 Å². The first kappa shape index (κ1) is 31.1. The van der Waals surface area contributed by atoms with Crippen molar-refractivity contribution in [3.05, 3.63) is 71.8 Å². The fourth-order valence-electron chi connectivity index (χ4n) is 6.64. The lowest BCUT2D eigenvalue weighted by molar-refractivity contribution is -0.133. The molecule has 6 nitrogen and oxygen atoms in total. The van der Waals surface area contributed by atoms with Crippen molar-refractivity contribution in [2.45, 2.75) is 63.8 Å². The molecule has 0 N–H and O–H groups in total. The molecule has 2 aliphatic heterocycles. The second kappa shape index (κ2) is 15.4. The summed E-state index contributed by atoms with van der Waals surface area (Å²) in [7, 11) is 5.93. The predicted octanol–water partition coefficient (Wildman–Crippen LogP) is 5.80. The Hall–Kier alpha value is -2.83. The maximum absolute atomic E-state index is 13.8. The van der Waals surface area contributed by atoms with Crippen molar-refractivity contribution in [3.63, 3.8) is 0 Å². The number of carbonyl (C=O) groups is 1. The molecule has 0 aliphatic carbocycles. The summed E-state index contributed by atoms with van der Waals surface area (Å²) in [5.41, 5.74) is 3.89. The third kappa shape index (κ3) is 8.14. The Balaban J connectivity index is 1.52. The van der Waals surface area contributed by atoms with E-state index >= 15 is 0 Å². The van der Waals surface area contributed by atoms with E-state index in [0.717, 1.165) is 89.2 Å². The number of carbonyl (C=O) groups excluding carboxylic acids is 1. The number of likely N-dealkylation sites (tertiary alicyclic amines) is 1. The maximum Gasteiger partial charge on any atom is 0.236 e. The summed E-state index contributed by atoms with van der Waals surface area (Å²) in [5.74, 6) is 2.84. The number of unbranched alkanes of at least 4 members (excludes halogenated alkanes) is 1. The third-order valence-corrected chi connectivity index (χ3v) is 8.87. The molecule has 0 aromatic heterocycles. The van der Waals surface area contributed by atoms with E-state index in [1.165, 1.54) is 16.7 Å². The number of fused-ring (bicyclic) bond motifs is 1. The number of hydrogen-bond acceptors (Lipinski definition) is 5. The van der Waals surface area contributed by atoms with Gasteiger partial charge in [0.2, 0.25) is 5.91 Å². The Morgan fingerprint density at radius 1 is 1.12 bits per heavy atom. The number of aryl methyl sites for hydroxylation is 1. The van der Waals surface area contributed by atoms with Gasteiger partial charge in [-0.05, 0) is 81.6 Å². The van der Waals surface area contributed by atoms with Crippen molar-refractivity contribution >= 4 is 5.91 Å². The SMILES string of the molecule is C=C[C@@H]1[C@@H](c2ccc3c(c2)CCO3)CN(CC(=O)N(CCCC)CCCN(C)C)[C@H]1CCCc1ccccc1OC. The summed E-state index contributed by atoms with van der Waals surface area (Å²) in [5, 5.41) is 0. The fraction of sp³-hybridized carbons (Fsp3) is 0.571. The van der Waals surface area contributed by atoms with E-state index in [9.17, 15) is 4.79 Å². The molecule has 1 fully saturated rings. The van der Waals surface area contributed by atoms with Crippen LogP contribution in [0, 0.1) is 5.92 Å². The molecule has 0 saturated carbocycles. The molecule has 2 heterocycles. The zero-order valence-electron chi connectivity index (χ0n) is 25.8. The number of para-hydroxylation sites is 1. The third-order valence-electron chi connectivity index (χ3n) is 8.87. The molecule has 41 heavy (non-hydrogen) atoms. The maximum atomic E-state index is 13.8. The van der Waals surface area contributed by atoms with Crippen LogP contribution in [-0.2, 0) is 17.6 Å². The van der Waals surface area contributed by atoms with Gasteiger partial charge in [-0.15, -0.1) is 6.58 Å². The largest absolute Gasteiger partial charge is 0.496 e. The van der Waals surface area contributed by atoms with Crippen LogP contribution in [0.5, 0.6) is 11.5 Å². The quantitative estimate of drug-likeness (QED) is 0.242. The minimum Gasteiger partial charge on any atom is -0.496 e. The first-order chi connectivity index (χ1) is 19.9. The summed E-state index contributed by atoms with van der Waals surface area (Å²) in [6.07, 6.45) is 9.27. The number of hydrogen-bond donors (Lipinski definition) is 0. The van der Waals surface area contributed by atoms with Crippen molar-refractivity contribution in [1.29, 1.82) is 0 Å². The highest BCUT2D eigenvalue weighted by Crippen LogP contribution is 2.42. The molecule has 2 aliphatic rings. The zero-order valence-corrected chi connectivity index (χ0v) is 25.8. The smallest absolute Gasteiger partial charge is 0.236 e. The molecular weight excluding hydrogens is 510 g/mol. The number of methoxy groups -OCH3 is 1. The normalized spacial score (nSPS) is 20.2. The standard InChI is InChI=1S/C35H51N3O3/c1-6-8-21-37(22-12-20-36(3)4)35(39)26-38-25-31(28-17-18-34-29(24-28)19-23-41-34)30(7-2)32(38)15-11-14-27-13-9-10-16-33(27)40-5/h7,9-10,13,16-18,24,30-32H,2,6,8,11-12,14-15,19-23,25-26H2,1,3-5H3/t30-,31-,32+/m1/s1. The summed E-state index contributed by atoms with van der Waals surface area (Å²) in [4.78, 5) is 20.6. The van der Waals surface area contributed by atoms with Gasteiger partial charge in [-0.3, -0.25) is 9.69 Å². The van der Waals surface area contributed by atoms with Gasteiger partial charge in [0.15, 0.2) is 0 Å². The number of rotatable bonds is 16. The van der Waals surface area contributed by atoms with Crippen LogP contribution < -0.4 is 9.47 Å². The van der Waals surface area contributed by atoms with Crippen LogP contribution in [0.1, 0.15) is 61.6 Å². The van der Waals surface area contributed by atoms with Crippen LogP contribution in [0.15, 0.2) is 55.1 Å². The second-order valence-corrected chi connectivity index (χ2v) is 12.0. The van der Waals surface area contributed by atoms with Crippen molar-refractivity contribution in [1.82, 2.24) is 14.7 Å². The Labute approximate surface area is 248 Å². The first-order valence-electron chi connectivity index (χ1n) is 15.6. The van der Waals surface area contributed by atoms with Gasteiger partial charge >= 0.3 is 0 Å². The van der Waals surface area contributed by atoms with Crippen molar-refractivity contribution in [2.75, 3.05) is 60.5 Å². The Kier molecular flexibility index (Phi) is 11.7. The minimum atomic E-state index is 0.262. The minimum absolute atomic E-state index is 0.262. The molecule has 224 valence electrons. The van der Waals surface area contributed by atoms with Gasteiger partial charge in [0.25, 0.3) is 0 Å². The van der Waals surface area contributed by atoms with Gasteiger partial charge in [-0.1, -0.05) is 49.8 Å². The first-order valence-corrected chi connectivity index (χ1v) is 15.6. The average Bonchev–Trinajstić information content (AvgIpc) is 3.58. The van der Waals surface area contributed by atoms with Crippen LogP contribution in [-0.4, -0.2) is 87.2 Å². The van der Waals surface area contributed by atoms with E-state index in [2.05, 4.69) is 78.7 Å². The van der Waals surface area contributed by atoms with Gasteiger partial charge in [0.05, 0.1) is 20.3 Å². The van der Waals surface area contributed by atoms with E-state index < -0.39 is 0 Å². The molecule has 0 bridgehead atoms.